The van der Waals surface area contributed by atoms with Crippen molar-refractivity contribution in [1.82, 2.24) is 0 Å². The SMILES string of the molecule is CCOc1cc2c(cc1OCC)[C@@H](c1cccc(C)c1)CC(=O)N2. The lowest BCUT2D eigenvalue weighted by Crippen LogP contribution is -2.23. The van der Waals surface area contributed by atoms with Crippen molar-refractivity contribution in [2.75, 3.05) is 18.5 Å². The van der Waals surface area contributed by atoms with E-state index >= 15 is 0 Å². The molecule has 24 heavy (non-hydrogen) atoms. The Bertz CT molecular complexity index is 755. The van der Waals surface area contributed by atoms with E-state index in [0.29, 0.717) is 25.4 Å². The standard InChI is InChI=1S/C20H23NO3/c1-4-23-18-10-16-15(14-8-6-7-13(3)9-14)11-20(22)21-17(16)12-19(18)24-5-2/h6-10,12,15H,4-5,11H2,1-3H3,(H,21,22)/t15-/m1/s1. The van der Waals surface area contributed by atoms with Crippen LogP contribution in [0.15, 0.2) is 36.4 Å². The van der Waals surface area contributed by atoms with Gasteiger partial charge in [-0.1, -0.05) is 29.8 Å². The lowest BCUT2D eigenvalue weighted by molar-refractivity contribution is -0.116. The molecule has 1 aliphatic rings. The summed E-state index contributed by atoms with van der Waals surface area (Å²) in [5.41, 5.74) is 4.23. The summed E-state index contributed by atoms with van der Waals surface area (Å²) in [6, 6.07) is 12.2. The van der Waals surface area contributed by atoms with Gasteiger partial charge in [-0.3, -0.25) is 4.79 Å². The summed E-state index contributed by atoms with van der Waals surface area (Å²) in [5.74, 6) is 1.46. The van der Waals surface area contributed by atoms with E-state index in [0.717, 1.165) is 22.6 Å². The van der Waals surface area contributed by atoms with E-state index in [1.54, 1.807) is 0 Å². The fraction of sp³-hybridized carbons (Fsp3) is 0.350. The Labute approximate surface area is 142 Å². The molecule has 0 saturated carbocycles. The van der Waals surface area contributed by atoms with Crippen LogP contribution in [0.25, 0.3) is 0 Å². The molecule has 1 amide bonds. The summed E-state index contributed by atoms with van der Waals surface area (Å²) in [6.07, 6.45) is 0.440. The van der Waals surface area contributed by atoms with Gasteiger partial charge >= 0.3 is 0 Å². The predicted molar refractivity (Wildman–Crippen MR) is 95.0 cm³/mol. The van der Waals surface area contributed by atoms with Gasteiger partial charge in [-0.05, 0) is 38.0 Å². The number of rotatable bonds is 5. The smallest absolute Gasteiger partial charge is 0.225 e. The second-order valence-corrected chi connectivity index (χ2v) is 5.97. The maximum atomic E-state index is 12.2. The number of anilines is 1. The minimum absolute atomic E-state index is 0.0283. The fourth-order valence-corrected chi connectivity index (χ4v) is 3.19. The number of amides is 1. The predicted octanol–water partition coefficient (Wildman–Crippen LogP) is 4.27. The number of aryl methyl sites for hydroxylation is 1. The Morgan fingerprint density at radius 3 is 2.46 bits per heavy atom. The average molecular weight is 325 g/mol. The zero-order valence-corrected chi connectivity index (χ0v) is 14.4. The number of hydrogen-bond acceptors (Lipinski definition) is 3. The summed E-state index contributed by atoms with van der Waals surface area (Å²) < 4.78 is 11.4. The first-order valence-electron chi connectivity index (χ1n) is 8.42. The molecular weight excluding hydrogens is 302 g/mol. The van der Waals surface area contributed by atoms with Gasteiger partial charge in [0.1, 0.15) is 0 Å². The van der Waals surface area contributed by atoms with E-state index in [9.17, 15) is 4.79 Å². The zero-order valence-electron chi connectivity index (χ0n) is 14.4. The average Bonchev–Trinajstić information content (AvgIpc) is 2.55. The third-order valence-electron chi connectivity index (χ3n) is 4.20. The number of nitrogens with one attached hydrogen (secondary N) is 1. The molecule has 1 aliphatic heterocycles. The van der Waals surface area contributed by atoms with E-state index in [2.05, 4.69) is 30.4 Å². The van der Waals surface area contributed by atoms with Crippen LogP contribution in [0.3, 0.4) is 0 Å². The van der Waals surface area contributed by atoms with Crippen molar-refractivity contribution >= 4 is 11.6 Å². The highest BCUT2D eigenvalue weighted by Gasteiger charge is 2.28. The van der Waals surface area contributed by atoms with Crippen molar-refractivity contribution in [3.63, 3.8) is 0 Å². The molecule has 1 atom stereocenters. The molecule has 4 heteroatoms. The van der Waals surface area contributed by atoms with Crippen LogP contribution in [0.1, 0.15) is 42.9 Å². The summed E-state index contributed by atoms with van der Waals surface area (Å²) >= 11 is 0. The maximum absolute atomic E-state index is 12.2. The van der Waals surface area contributed by atoms with Crippen LogP contribution >= 0.6 is 0 Å². The van der Waals surface area contributed by atoms with Gasteiger partial charge in [0.15, 0.2) is 11.5 Å². The first-order chi connectivity index (χ1) is 11.6. The highest BCUT2D eigenvalue weighted by Crippen LogP contribution is 2.43. The molecule has 1 heterocycles. The Hall–Kier alpha value is -2.49. The molecule has 1 N–H and O–H groups in total. The van der Waals surface area contributed by atoms with E-state index < -0.39 is 0 Å². The van der Waals surface area contributed by atoms with Crippen molar-refractivity contribution < 1.29 is 14.3 Å². The second kappa shape index (κ2) is 6.95. The van der Waals surface area contributed by atoms with Crippen LogP contribution in [0.2, 0.25) is 0 Å². The van der Waals surface area contributed by atoms with E-state index in [4.69, 9.17) is 9.47 Å². The summed E-state index contributed by atoms with van der Waals surface area (Å²) in [4.78, 5) is 12.2. The molecule has 0 radical (unpaired) electrons. The molecule has 3 rings (SSSR count). The zero-order chi connectivity index (χ0) is 17.1. The van der Waals surface area contributed by atoms with Gasteiger partial charge in [0.2, 0.25) is 5.91 Å². The molecule has 2 aromatic carbocycles. The normalized spacial score (nSPS) is 16.3. The highest BCUT2D eigenvalue weighted by atomic mass is 16.5. The van der Waals surface area contributed by atoms with Crippen LogP contribution in [0.4, 0.5) is 5.69 Å². The lowest BCUT2D eigenvalue weighted by Gasteiger charge is -2.27. The molecular formula is C20H23NO3. The van der Waals surface area contributed by atoms with Crippen LogP contribution in [-0.4, -0.2) is 19.1 Å². The van der Waals surface area contributed by atoms with Crippen molar-refractivity contribution in [3.8, 4) is 11.5 Å². The van der Waals surface area contributed by atoms with Crippen molar-refractivity contribution in [1.29, 1.82) is 0 Å². The van der Waals surface area contributed by atoms with Crippen LogP contribution in [0, 0.1) is 6.92 Å². The van der Waals surface area contributed by atoms with Crippen molar-refractivity contribution in [2.45, 2.75) is 33.1 Å². The number of fused-ring (bicyclic) bond motifs is 1. The third kappa shape index (κ3) is 3.23. The van der Waals surface area contributed by atoms with E-state index in [-0.39, 0.29) is 11.8 Å². The molecule has 0 bridgehead atoms. The lowest BCUT2D eigenvalue weighted by atomic mass is 9.84. The van der Waals surface area contributed by atoms with Gasteiger partial charge in [0.05, 0.1) is 13.2 Å². The molecule has 4 nitrogen and oxygen atoms in total. The summed E-state index contributed by atoms with van der Waals surface area (Å²) in [5, 5.41) is 2.97. The van der Waals surface area contributed by atoms with Crippen LogP contribution in [-0.2, 0) is 4.79 Å². The number of carbonyl (C=O) groups is 1. The molecule has 0 saturated heterocycles. The van der Waals surface area contributed by atoms with E-state index in [1.807, 2.05) is 32.0 Å². The number of carbonyl (C=O) groups excluding carboxylic acids is 1. The summed E-state index contributed by atoms with van der Waals surface area (Å²) in [7, 11) is 0. The van der Waals surface area contributed by atoms with Crippen molar-refractivity contribution in [2.24, 2.45) is 0 Å². The second-order valence-electron chi connectivity index (χ2n) is 5.97. The first-order valence-corrected chi connectivity index (χ1v) is 8.42. The Kier molecular flexibility index (Phi) is 4.74. The molecule has 0 spiro atoms. The molecule has 0 aromatic heterocycles. The van der Waals surface area contributed by atoms with Crippen molar-refractivity contribution in [3.05, 3.63) is 53.1 Å². The number of benzene rings is 2. The molecule has 0 unspecified atom stereocenters. The monoisotopic (exact) mass is 325 g/mol. The van der Waals surface area contributed by atoms with Gasteiger partial charge < -0.3 is 14.8 Å². The van der Waals surface area contributed by atoms with Gasteiger partial charge in [0, 0.05) is 24.1 Å². The van der Waals surface area contributed by atoms with Gasteiger partial charge in [-0.25, -0.2) is 0 Å². The van der Waals surface area contributed by atoms with E-state index in [1.165, 1.54) is 5.56 Å². The van der Waals surface area contributed by atoms with Gasteiger partial charge in [0.25, 0.3) is 0 Å². The maximum Gasteiger partial charge on any atom is 0.225 e. The minimum atomic E-state index is 0.0283. The Morgan fingerprint density at radius 1 is 1.08 bits per heavy atom. The summed E-state index contributed by atoms with van der Waals surface area (Å²) in [6.45, 7) is 7.07. The largest absolute Gasteiger partial charge is 0.490 e. The number of ether oxygens (including phenoxy) is 2. The highest BCUT2D eigenvalue weighted by molar-refractivity contribution is 5.96. The van der Waals surface area contributed by atoms with Crippen LogP contribution in [0.5, 0.6) is 11.5 Å². The molecule has 2 aromatic rings. The minimum Gasteiger partial charge on any atom is -0.490 e. The van der Waals surface area contributed by atoms with Gasteiger partial charge in [-0.2, -0.15) is 0 Å². The molecule has 126 valence electrons. The third-order valence-corrected chi connectivity index (χ3v) is 4.20. The molecule has 0 aliphatic carbocycles. The first kappa shape index (κ1) is 16.4. The topological polar surface area (TPSA) is 47.6 Å². The Balaban J connectivity index is 2.10. The van der Waals surface area contributed by atoms with Crippen LogP contribution < -0.4 is 14.8 Å². The van der Waals surface area contributed by atoms with Gasteiger partial charge in [-0.15, -0.1) is 0 Å². The Morgan fingerprint density at radius 2 is 1.79 bits per heavy atom. The quantitative estimate of drug-likeness (QED) is 0.893. The molecule has 0 fully saturated rings. The fourth-order valence-electron chi connectivity index (χ4n) is 3.19. The number of hydrogen-bond donors (Lipinski definition) is 1.